The van der Waals surface area contributed by atoms with Gasteiger partial charge in [0.2, 0.25) is 0 Å². The molecule has 0 bridgehead atoms. The molecule has 0 aliphatic carbocycles. The lowest BCUT2D eigenvalue weighted by Crippen LogP contribution is -2.24. The van der Waals surface area contributed by atoms with E-state index in [0.717, 1.165) is 6.42 Å². The Morgan fingerprint density at radius 3 is 2.73 bits per heavy atom. The van der Waals surface area contributed by atoms with Crippen LogP contribution in [0.5, 0.6) is 0 Å². The quantitative estimate of drug-likeness (QED) is 0.631. The van der Waals surface area contributed by atoms with E-state index in [1.165, 1.54) is 0 Å². The second kappa shape index (κ2) is 7.12. The molecule has 3 heteroatoms. The third-order valence-electron chi connectivity index (χ3n) is 1.04. The lowest BCUT2D eigenvalue weighted by atomic mass is 10.4. The van der Waals surface area contributed by atoms with E-state index >= 15 is 0 Å². The average Bonchev–Trinajstić information content (AvgIpc) is 1.99. The van der Waals surface area contributed by atoms with Crippen molar-refractivity contribution in [1.82, 2.24) is 5.32 Å². The topological polar surface area (TPSA) is 38.3 Å². The molecular formula is C8H15NO2. The maximum atomic E-state index is 10.6. The first kappa shape index (κ1) is 10.0. The van der Waals surface area contributed by atoms with Gasteiger partial charge in [0.25, 0.3) is 0 Å². The number of hydrogen-bond donors (Lipinski definition) is 1. The first-order valence-corrected chi connectivity index (χ1v) is 3.86. The van der Waals surface area contributed by atoms with Crippen LogP contribution in [-0.4, -0.2) is 19.2 Å². The summed E-state index contributed by atoms with van der Waals surface area (Å²) >= 11 is 0. The van der Waals surface area contributed by atoms with Crippen molar-refractivity contribution in [2.75, 3.05) is 13.2 Å². The summed E-state index contributed by atoms with van der Waals surface area (Å²) in [5.41, 5.74) is 0. The molecular weight excluding hydrogens is 142 g/mol. The van der Waals surface area contributed by atoms with E-state index in [9.17, 15) is 4.79 Å². The van der Waals surface area contributed by atoms with Crippen molar-refractivity contribution in [3.63, 3.8) is 0 Å². The largest absolute Gasteiger partial charge is 0.450 e. The Balaban J connectivity index is 3.24. The van der Waals surface area contributed by atoms with Gasteiger partial charge < -0.3 is 10.1 Å². The maximum absolute atomic E-state index is 10.6. The van der Waals surface area contributed by atoms with Gasteiger partial charge in [-0.1, -0.05) is 19.1 Å². The summed E-state index contributed by atoms with van der Waals surface area (Å²) in [6, 6.07) is 0. The summed E-state index contributed by atoms with van der Waals surface area (Å²) in [6.45, 7) is 4.79. The van der Waals surface area contributed by atoms with E-state index in [4.69, 9.17) is 0 Å². The van der Waals surface area contributed by atoms with Crippen molar-refractivity contribution in [2.24, 2.45) is 0 Å². The Hall–Kier alpha value is -0.990. The van der Waals surface area contributed by atoms with Crippen LogP contribution in [-0.2, 0) is 4.74 Å². The Morgan fingerprint density at radius 1 is 1.45 bits per heavy atom. The molecule has 0 spiro atoms. The maximum Gasteiger partial charge on any atom is 0.407 e. The normalized spacial score (nSPS) is 10.0. The van der Waals surface area contributed by atoms with Crippen LogP contribution in [0.25, 0.3) is 0 Å². The molecule has 0 heterocycles. The Kier molecular flexibility index (Phi) is 6.48. The zero-order valence-corrected chi connectivity index (χ0v) is 7.09. The molecule has 0 aromatic carbocycles. The number of carbonyl (C=O) groups excluding carboxylic acids is 1. The number of ether oxygens (including phenoxy) is 1. The lowest BCUT2D eigenvalue weighted by molar-refractivity contribution is 0.153. The number of alkyl carbamates (subject to hydrolysis) is 1. The van der Waals surface area contributed by atoms with Crippen molar-refractivity contribution in [1.29, 1.82) is 0 Å². The van der Waals surface area contributed by atoms with Gasteiger partial charge in [0.1, 0.15) is 0 Å². The molecule has 0 aromatic heterocycles. The fraction of sp³-hybridized carbons (Fsp3) is 0.625. The van der Waals surface area contributed by atoms with E-state index in [0.29, 0.717) is 13.2 Å². The third kappa shape index (κ3) is 6.90. The van der Waals surface area contributed by atoms with Crippen LogP contribution in [0.3, 0.4) is 0 Å². The third-order valence-corrected chi connectivity index (χ3v) is 1.04. The van der Waals surface area contributed by atoms with Crippen LogP contribution in [0.2, 0.25) is 0 Å². The number of rotatable bonds is 4. The van der Waals surface area contributed by atoms with Gasteiger partial charge in [0.15, 0.2) is 0 Å². The molecule has 0 aliphatic rings. The summed E-state index contributed by atoms with van der Waals surface area (Å²) in [6.07, 6.45) is 4.53. The number of carbonyl (C=O) groups is 1. The highest BCUT2D eigenvalue weighted by molar-refractivity contribution is 5.67. The lowest BCUT2D eigenvalue weighted by Gasteiger charge is -2.00. The van der Waals surface area contributed by atoms with Gasteiger partial charge in [-0.3, -0.25) is 0 Å². The molecule has 3 nitrogen and oxygen atoms in total. The van der Waals surface area contributed by atoms with Gasteiger partial charge in [-0.2, -0.15) is 0 Å². The van der Waals surface area contributed by atoms with Gasteiger partial charge in [-0.05, 0) is 13.3 Å². The van der Waals surface area contributed by atoms with Crippen LogP contribution in [0, 0.1) is 0 Å². The van der Waals surface area contributed by atoms with Crippen molar-refractivity contribution in [2.45, 2.75) is 20.3 Å². The number of nitrogens with one attached hydrogen (secondary N) is 1. The standard InChI is InChI=1S/C8H15NO2/c1-3-5-6-7-9-8(10)11-4-2/h5-6H,3-4,7H2,1-2H3,(H,9,10)/b6-5+. The van der Waals surface area contributed by atoms with Crippen LogP contribution in [0.1, 0.15) is 20.3 Å². The zero-order valence-electron chi connectivity index (χ0n) is 7.09. The summed E-state index contributed by atoms with van der Waals surface area (Å²) in [4.78, 5) is 10.6. The van der Waals surface area contributed by atoms with Crippen molar-refractivity contribution in [3.8, 4) is 0 Å². The minimum absolute atomic E-state index is 0.353. The summed E-state index contributed by atoms with van der Waals surface area (Å²) in [5.74, 6) is 0. The van der Waals surface area contributed by atoms with Gasteiger partial charge >= 0.3 is 6.09 Å². The van der Waals surface area contributed by atoms with Gasteiger partial charge in [-0.25, -0.2) is 4.79 Å². The molecule has 0 atom stereocenters. The minimum Gasteiger partial charge on any atom is -0.450 e. The summed E-state index contributed by atoms with van der Waals surface area (Å²) in [7, 11) is 0. The molecule has 0 aliphatic heterocycles. The molecule has 1 amide bonds. The number of amides is 1. The van der Waals surface area contributed by atoms with Crippen molar-refractivity contribution < 1.29 is 9.53 Å². The molecule has 64 valence electrons. The van der Waals surface area contributed by atoms with Crippen molar-refractivity contribution >= 4 is 6.09 Å². The minimum atomic E-state index is -0.353. The summed E-state index contributed by atoms with van der Waals surface area (Å²) < 4.78 is 4.64. The Labute approximate surface area is 67.4 Å². The SMILES string of the molecule is CC/C=C/CNC(=O)OCC. The molecule has 0 radical (unpaired) electrons. The number of hydrogen-bond acceptors (Lipinski definition) is 2. The highest BCUT2D eigenvalue weighted by atomic mass is 16.5. The van der Waals surface area contributed by atoms with Crippen LogP contribution < -0.4 is 5.32 Å². The van der Waals surface area contributed by atoms with Gasteiger partial charge in [0, 0.05) is 6.54 Å². The zero-order chi connectivity index (χ0) is 8.53. The predicted molar refractivity (Wildman–Crippen MR) is 44.5 cm³/mol. The first-order chi connectivity index (χ1) is 5.31. The van der Waals surface area contributed by atoms with E-state index in [2.05, 4.69) is 10.1 Å². The van der Waals surface area contributed by atoms with E-state index in [-0.39, 0.29) is 6.09 Å². The highest BCUT2D eigenvalue weighted by Crippen LogP contribution is 1.79. The molecule has 0 saturated carbocycles. The average molecular weight is 157 g/mol. The predicted octanol–water partition coefficient (Wildman–Crippen LogP) is 1.70. The Bertz CT molecular complexity index is 132. The molecule has 0 unspecified atom stereocenters. The smallest absolute Gasteiger partial charge is 0.407 e. The second-order valence-electron chi connectivity index (χ2n) is 1.98. The van der Waals surface area contributed by atoms with Crippen molar-refractivity contribution in [3.05, 3.63) is 12.2 Å². The van der Waals surface area contributed by atoms with Crippen LogP contribution >= 0.6 is 0 Å². The Morgan fingerprint density at radius 2 is 2.18 bits per heavy atom. The molecule has 0 saturated heterocycles. The van der Waals surface area contributed by atoms with Crippen LogP contribution in [0.15, 0.2) is 12.2 Å². The molecule has 11 heavy (non-hydrogen) atoms. The molecule has 1 N–H and O–H groups in total. The van der Waals surface area contributed by atoms with Crippen LogP contribution in [0.4, 0.5) is 4.79 Å². The second-order valence-corrected chi connectivity index (χ2v) is 1.98. The van der Waals surface area contributed by atoms with E-state index < -0.39 is 0 Å². The first-order valence-electron chi connectivity index (χ1n) is 3.86. The van der Waals surface area contributed by atoms with E-state index in [1.54, 1.807) is 6.92 Å². The molecule has 0 fully saturated rings. The highest BCUT2D eigenvalue weighted by Gasteiger charge is 1.94. The molecule has 0 rings (SSSR count). The fourth-order valence-corrected chi connectivity index (χ4v) is 0.574. The van der Waals surface area contributed by atoms with E-state index in [1.807, 2.05) is 19.1 Å². The van der Waals surface area contributed by atoms with Gasteiger partial charge in [-0.15, -0.1) is 0 Å². The number of allylic oxidation sites excluding steroid dienone is 1. The summed E-state index contributed by atoms with van der Waals surface area (Å²) in [5, 5.41) is 2.57. The molecule has 0 aromatic rings. The fourth-order valence-electron chi connectivity index (χ4n) is 0.574. The monoisotopic (exact) mass is 157 g/mol. The van der Waals surface area contributed by atoms with Gasteiger partial charge in [0.05, 0.1) is 6.61 Å².